The fraction of sp³-hybridized carbons (Fsp3) is 0.208. The van der Waals surface area contributed by atoms with Crippen molar-refractivity contribution in [1.82, 2.24) is 5.16 Å². The number of hydrogen-bond acceptors (Lipinski definition) is 7. The molecule has 0 radical (unpaired) electrons. The van der Waals surface area contributed by atoms with Crippen molar-refractivity contribution in [3.05, 3.63) is 106 Å². The molecule has 164 valence electrons. The van der Waals surface area contributed by atoms with Crippen molar-refractivity contribution in [2.24, 2.45) is 0 Å². The van der Waals surface area contributed by atoms with E-state index in [4.69, 9.17) is 14.0 Å². The Morgan fingerprint density at radius 3 is 2.31 bits per heavy atom. The Labute approximate surface area is 184 Å². The van der Waals surface area contributed by atoms with Crippen molar-refractivity contribution in [2.45, 2.75) is 25.7 Å². The summed E-state index contributed by atoms with van der Waals surface area (Å²) < 4.78 is 22.4. The third-order valence-electron chi connectivity index (χ3n) is 4.95. The Hall–Kier alpha value is -4.07. The zero-order valence-corrected chi connectivity index (χ0v) is 17.5. The van der Waals surface area contributed by atoms with Gasteiger partial charge in [-0.05, 0) is 11.1 Å². The molecule has 0 bridgehead atoms. The van der Waals surface area contributed by atoms with Crippen LogP contribution in [0.5, 0.6) is 0 Å². The van der Waals surface area contributed by atoms with E-state index >= 15 is 0 Å². The summed E-state index contributed by atoms with van der Waals surface area (Å²) in [7, 11) is 1.24. The molecule has 1 aliphatic rings. The fourth-order valence-corrected chi connectivity index (χ4v) is 3.25. The molecule has 0 spiro atoms. The molecule has 8 nitrogen and oxygen atoms in total. The fourth-order valence-electron chi connectivity index (χ4n) is 3.25. The van der Waals surface area contributed by atoms with Crippen LogP contribution < -0.4 is 0 Å². The molecule has 2 aromatic carbocycles. The van der Waals surface area contributed by atoms with Crippen LogP contribution in [0.15, 0.2) is 82.8 Å². The molecule has 2 heterocycles. The Bertz CT molecular complexity index is 1120. The first-order valence-corrected chi connectivity index (χ1v) is 10.1. The van der Waals surface area contributed by atoms with Crippen molar-refractivity contribution in [2.75, 3.05) is 7.11 Å². The average Bonchev–Trinajstić information content (AvgIpc) is 3.33. The van der Waals surface area contributed by atoms with Gasteiger partial charge in [0, 0.05) is 6.07 Å². The van der Waals surface area contributed by atoms with Crippen LogP contribution in [0.3, 0.4) is 0 Å². The van der Waals surface area contributed by atoms with Gasteiger partial charge >= 0.3 is 5.97 Å². The van der Waals surface area contributed by atoms with Gasteiger partial charge in [-0.1, -0.05) is 65.8 Å². The lowest BCUT2D eigenvalue weighted by atomic mass is 10.1. The molecule has 0 saturated heterocycles. The highest BCUT2D eigenvalue weighted by Gasteiger charge is 2.33. The summed E-state index contributed by atoms with van der Waals surface area (Å²) in [6.07, 6.45) is 1.54. The molecule has 8 heteroatoms. The number of hydrogen-bond donors (Lipinski definition) is 0. The molecule has 1 aliphatic heterocycles. The molecular weight excluding hydrogens is 412 g/mol. The SMILES string of the molecule is COC(=O)c1cc(C2CC(OCc3ccccc3)=C(OCc3ccccc3)C=[N+]2[O-])no1. The van der Waals surface area contributed by atoms with Crippen LogP contribution >= 0.6 is 0 Å². The van der Waals surface area contributed by atoms with E-state index in [9.17, 15) is 10.0 Å². The van der Waals surface area contributed by atoms with Gasteiger partial charge in [-0.3, -0.25) is 0 Å². The molecule has 3 aromatic rings. The van der Waals surface area contributed by atoms with Crippen molar-refractivity contribution >= 4 is 12.2 Å². The molecule has 4 rings (SSSR count). The highest BCUT2D eigenvalue weighted by atomic mass is 16.6. The zero-order chi connectivity index (χ0) is 22.3. The minimum atomic E-state index is -0.730. The molecule has 0 fully saturated rings. The first kappa shape index (κ1) is 21.2. The molecule has 0 saturated carbocycles. The number of allylic oxidation sites excluding steroid dienone is 1. The summed E-state index contributed by atoms with van der Waals surface area (Å²) in [4.78, 5) is 11.7. The van der Waals surface area contributed by atoms with Gasteiger partial charge in [0.15, 0.2) is 11.5 Å². The van der Waals surface area contributed by atoms with Crippen LogP contribution in [0.4, 0.5) is 0 Å². The number of benzene rings is 2. The number of ether oxygens (including phenoxy) is 3. The van der Waals surface area contributed by atoms with E-state index in [1.165, 1.54) is 19.4 Å². The summed E-state index contributed by atoms with van der Waals surface area (Å²) in [5.74, 6) is 0.138. The van der Waals surface area contributed by atoms with E-state index in [0.717, 1.165) is 15.9 Å². The topological polar surface area (TPSA) is 96.9 Å². The molecule has 32 heavy (non-hydrogen) atoms. The largest absolute Gasteiger partial charge is 0.623 e. The number of esters is 1. The van der Waals surface area contributed by atoms with Crippen LogP contribution in [0.2, 0.25) is 0 Å². The van der Waals surface area contributed by atoms with Crippen LogP contribution in [-0.2, 0) is 27.4 Å². The number of hydroxylamine groups is 1. The van der Waals surface area contributed by atoms with Crippen molar-refractivity contribution in [3.8, 4) is 0 Å². The Morgan fingerprint density at radius 1 is 1.06 bits per heavy atom. The maximum atomic E-state index is 12.8. The lowest BCUT2D eigenvalue weighted by Crippen LogP contribution is -2.24. The van der Waals surface area contributed by atoms with E-state index in [-0.39, 0.29) is 12.2 Å². The molecule has 0 aliphatic carbocycles. The Morgan fingerprint density at radius 2 is 1.69 bits per heavy atom. The van der Waals surface area contributed by atoms with Crippen molar-refractivity contribution in [3.63, 3.8) is 0 Å². The van der Waals surface area contributed by atoms with Crippen molar-refractivity contribution in [1.29, 1.82) is 0 Å². The van der Waals surface area contributed by atoms with Crippen LogP contribution in [0, 0.1) is 5.21 Å². The predicted molar refractivity (Wildman–Crippen MR) is 114 cm³/mol. The molecule has 1 atom stereocenters. The number of methoxy groups -OCH3 is 1. The van der Waals surface area contributed by atoms with Crippen molar-refractivity contribution < 1.29 is 28.3 Å². The van der Waals surface area contributed by atoms with E-state index < -0.39 is 12.0 Å². The standard InChI is InChI=1S/C24H22N2O6/c1-29-24(27)22-12-19(25-32-22)20-13-21(30-15-17-8-4-2-5-9-17)23(14-26(20)28)31-16-18-10-6-3-7-11-18/h2-12,14,20H,13,15-16H2,1H3. The quantitative estimate of drug-likeness (QED) is 0.299. The minimum absolute atomic E-state index is 0.0715. The first-order valence-electron chi connectivity index (χ1n) is 10.1. The summed E-state index contributed by atoms with van der Waals surface area (Å²) in [6.45, 7) is 0.611. The third-order valence-corrected chi connectivity index (χ3v) is 4.95. The maximum Gasteiger partial charge on any atom is 0.376 e. The predicted octanol–water partition coefficient (Wildman–Crippen LogP) is 4.13. The average molecular weight is 434 g/mol. The second-order valence-corrected chi connectivity index (χ2v) is 7.15. The molecular formula is C24H22N2O6. The van der Waals surface area contributed by atoms with Crippen LogP contribution in [0.25, 0.3) is 0 Å². The lowest BCUT2D eigenvalue weighted by Gasteiger charge is -2.23. The number of rotatable bonds is 8. The molecule has 0 N–H and O–H groups in total. The van der Waals surface area contributed by atoms with E-state index in [1.54, 1.807) is 0 Å². The Kier molecular flexibility index (Phi) is 6.50. The number of nitrogens with zero attached hydrogens (tertiary/aromatic N) is 2. The van der Waals surface area contributed by atoms with E-state index in [0.29, 0.717) is 30.4 Å². The highest BCUT2D eigenvalue weighted by Crippen LogP contribution is 2.31. The molecule has 1 unspecified atom stereocenters. The van der Waals surface area contributed by atoms with Gasteiger partial charge in [0.2, 0.25) is 23.8 Å². The number of carbonyl (C=O) groups excluding carboxylic acids is 1. The smallest absolute Gasteiger partial charge is 0.376 e. The van der Waals surface area contributed by atoms with E-state index in [2.05, 4.69) is 9.89 Å². The summed E-state index contributed by atoms with van der Waals surface area (Å²) in [6, 6.07) is 20.0. The number of aromatic nitrogens is 1. The van der Waals surface area contributed by atoms with Gasteiger partial charge in [-0.25, -0.2) is 4.79 Å². The van der Waals surface area contributed by atoms with Gasteiger partial charge in [-0.2, -0.15) is 4.74 Å². The summed E-state index contributed by atoms with van der Waals surface area (Å²) in [5, 5.41) is 16.7. The lowest BCUT2D eigenvalue weighted by molar-refractivity contribution is -0.507. The maximum absolute atomic E-state index is 12.8. The number of carbonyl (C=O) groups is 1. The highest BCUT2D eigenvalue weighted by molar-refractivity contribution is 5.86. The van der Waals surface area contributed by atoms with Gasteiger partial charge < -0.3 is 23.9 Å². The Balaban J connectivity index is 1.56. The second kappa shape index (κ2) is 9.82. The monoisotopic (exact) mass is 434 g/mol. The zero-order valence-electron chi connectivity index (χ0n) is 17.5. The summed E-state index contributed by atoms with van der Waals surface area (Å²) in [5.41, 5.74) is 2.26. The first-order chi connectivity index (χ1) is 15.6. The van der Waals surface area contributed by atoms with Crippen LogP contribution in [-0.4, -0.2) is 29.2 Å². The summed E-state index contributed by atoms with van der Waals surface area (Å²) >= 11 is 0. The van der Waals surface area contributed by atoms with Gasteiger partial charge in [0.1, 0.15) is 13.2 Å². The van der Waals surface area contributed by atoms with Crippen LogP contribution in [0.1, 0.15) is 39.8 Å². The normalized spacial score (nSPS) is 15.8. The minimum Gasteiger partial charge on any atom is -0.623 e. The van der Waals surface area contributed by atoms with E-state index in [1.807, 2.05) is 60.7 Å². The van der Waals surface area contributed by atoms with Gasteiger partial charge in [0.05, 0.1) is 13.5 Å². The van der Waals surface area contributed by atoms with Gasteiger partial charge in [0.25, 0.3) is 0 Å². The van der Waals surface area contributed by atoms with Gasteiger partial charge in [-0.15, -0.1) is 0 Å². The third kappa shape index (κ3) is 4.97. The molecule has 1 aromatic heterocycles. The second-order valence-electron chi connectivity index (χ2n) is 7.15. The molecule has 0 amide bonds.